The van der Waals surface area contributed by atoms with E-state index in [0.717, 1.165) is 9.87 Å². The highest BCUT2D eigenvalue weighted by Crippen LogP contribution is 2.11. The van der Waals surface area contributed by atoms with E-state index in [9.17, 15) is 13.2 Å². The molecule has 0 fully saturated rings. The third-order valence-corrected chi connectivity index (χ3v) is 4.68. The van der Waals surface area contributed by atoms with Crippen LogP contribution in [0.2, 0.25) is 0 Å². The van der Waals surface area contributed by atoms with E-state index in [-0.39, 0.29) is 18.2 Å². The van der Waals surface area contributed by atoms with Gasteiger partial charge in [0.15, 0.2) is 0 Å². The van der Waals surface area contributed by atoms with Gasteiger partial charge in [0.25, 0.3) is 0 Å². The Morgan fingerprint density at radius 2 is 1.80 bits per heavy atom. The Morgan fingerprint density at radius 1 is 1.20 bits per heavy atom. The highest BCUT2D eigenvalue weighted by atomic mass is 32.2. The van der Waals surface area contributed by atoms with Crippen LogP contribution in [0.15, 0.2) is 24.3 Å². The fourth-order valence-electron chi connectivity index (χ4n) is 1.60. The summed E-state index contributed by atoms with van der Waals surface area (Å²) < 4.78 is 25.4. The zero-order valence-corrected chi connectivity index (χ0v) is 12.9. The van der Waals surface area contributed by atoms with Crippen molar-refractivity contribution in [3.8, 4) is 0 Å². The normalized spacial score (nSPS) is 11.7. The molecule has 20 heavy (non-hydrogen) atoms. The number of rotatable bonds is 6. The van der Waals surface area contributed by atoms with E-state index in [1.165, 1.54) is 11.9 Å². The Kier molecular flexibility index (Phi) is 5.67. The van der Waals surface area contributed by atoms with Gasteiger partial charge in [-0.3, -0.25) is 4.79 Å². The monoisotopic (exact) mass is 299 g/mol. The average Bonchev–Trinajstić information content (AvgIpc) is 2.38. The first-order chi connectivity index (χ1) is 9.26. The largest absolute Gasteiger partial charge is 0.348 e. The maximum absolute atomic E-state index is 12.2. The summed E-state index contributed by atoms with van der Waals surface area (Å²) in [6.45, 7) is 0.203. The molecule has 1 aromatic carbocycles. The van der Waals surface area contributed by atoms with E-state index in [4.69, 9.17) is 5.73 Å². The van der Waals surface area contributed by atoms with Gasteiger partial charge in [-0.15, -0.1) is 0 Å². The van der Waals surface area contributed by atoms with Crippen LogP contribution in [0.25, 0.3) is 0 Å². The predicted molar refractivity (Wildman–Crippen MR) is 78.3 cm³/mol. The first kappa shape index (κ1) is 16.6. The standard InChI is InChI=1S/C13H21N3O3S/c1-15(2)13(17)9-16(3)20(18,19)10-12-6-4-5-11(7-12)8-14/h4-7H,8-10,14H2,1-3H3. The second kappa shape index (κ2) is 6.83. The molecule has 7 heteroatoms. The van der Waals surface area contributed by atoms with Crippen molar-refractivity contribution in [2.24, 2.45) is 5.73 Å². The topological polar surface area (TPSA) is 83.7 Å². The van der Waals surface area contributed by atoms with E-state index in [1.54, 1.807) is 32.3 Å². The molecule has 0 aliphatic rings. The number of sulfonamides is 1. The molecular weight excluding hydrogens is 278 g/mol. The number of likely N-dealkylation sites (N-methyl/N-ethyl adjacent to an activating group) is 2. The van der Waals surface area contributed by atoms with Gasteiger partial charge < -0.3 is 10.6 Å². The first-order valence-electron chi connectivity index (χ1n) is 6.18. The summed E-state index contributed by atoms with van der Waals surface area (Å²) in [7, 11) is 1.07. The van der Waals surface area contributed by atoms with Crippen molar-refractivity contribution in [2.75, 3.05) is 27.7 Å². The summed E-state index contributed by atoms with van der Waals surface area (Å²) in [5.41, 5.74) is 7.07. The Morgan fingerprint density at radius 3 is 2.35 bits per heavy atom. The van der Waals surface area contributed by atoms with Crippen LogP contribution in [0.1, 0.15) is 11.1 Å². The molecular formula is C13H21N3O3S. The van der Waals surface area contributed by atoms with E-state index in [1.807, 2.05) is 6.07 Å². The molecule has 0 aliphatic carbocycles. The zero-order valence-electron chi connectivity index (χ0n) is 12.0. The number of benzene rings is 1. The van der Waals surface area contributed by atoms with Crippen molar-refractivity contribution in [1.82, 2.24) is 9.21 Å². The van der Waals surface area contributed by atoms with E-state index in [0.29, 0.717) is 12.1 Å². The van der Waals surface area contributed by atoms with Gasteiger partial charge in [-0.05, 0) is 11.1 Å². The summed E-state index contributed by atoms with van der Waals surface area (Å²) in [5, 5.41) is 0. The van der Waals surface area contributed by atoms with E-state index < -0.39 is 10.0 Å². The van der Waals surface area contributed by atoms with Gasteiger partial charge in [-0.2, -0.15) is 4.31 Å². The second-order valence-electron chi connectivity index (χ2n) is 4.82. The summed E-state index contributed by atoms with van der Waals surface area (Å²) in [6.07, 6.45) is 0. The highest BCUT2D eigenvalue weighted by molar-refractivity contribution is 7.88. The van der Waals surface area contributed by atoms with Crippen LogP contribution < -0.4 is 5.73 Å². The number of nitrogens with two attached hydrogens (primary N) is 1. The Hall–Kier alpha value is -1.44. The molecule has 1 aromatic rings. The van der Waals surface area contributed by atoms with Crippen LogP contribution in [0, 0.1) is 0 Å². The lowest BCUT2D eigenvalue weighted by molar-refractivity contribution is -0.128. The molecule has 112 valence electrons. The fourth-order valence-corrected chi connectivity index (χ4v) is 2.73. The van der Waals surface area contributed by atoms with Gasteiger partial charge in [0, 0.05) is 27.7 Å². The van der Waals surface area contributed by atoms with Crippen LogP contribution in [0.4, 0.5) is 0 Å². The number of carbonyl (C=O) groups is 1. The molecule has 0 radical (unpaired) electrons. The van der Waals surface area contributed by atoms with Gasteiger partial charge in [-0.1, -0.05) is 24.3 Å². The maximum atomic E-state index is 12.2. The smallest absolute Gasteiger partial charge is 0.237 e. The number of amides is 1. The lowest BCUT2D eigenvalue weighted by Crippen LogP contribution is -2.38. The molecule has 1 amide bonds. The molecule has 0 spiro atoms. The molecule has 0 aliphatic heterocycles. The fraction of sp³-hybridized carbons (Fsp3) is 0.462. The lowest BCUT2D eigenvalue weighted by atomic mass is 10.1. The highest BCUT2D eigenvalue weighted by Gasteiger charge is 2.21. The Labute approximate surface area is 120 Å². The third kappa shape index (κ3) is 4.59. The Balaban J connectivity index is 2.80. The molecule has 0 heterocycles. The molecule has 0 atom stereocenters. The summed E-state index contributed by atoms with van der Waals surface area (Å²) >= 11 is 0. The van der Waals surface area contributed by atoms with Gasteiger partial charge in [0.1, 0.15) is 0 Å². The third-order valence-electron chi connectivity index (χ3n) is 2.91. The van der Waals surface area contributed by atoms with Gasteiger partial charge in [-0.25, -0.2) is 8.42 Å². The number of hydrogen-bond acceptors (Lipinski definition) is 4. The summed E-state index contributed by atoms with van der Waals surface area (Å²) in [5.74, 6) is -0.398. The second-order valence-corrected chi connectivity index (χ2v) is 6.90. The summed E-state index contributed by atoms with van der Waals surface area (Å²) in [4.78, 5) is 12.9. The van der Waals surface area contributed by atoms with Crippen molar-refractivity contribution < 1.29 is 13.2 Å². The van der Waals surface area contributed by atoms with Crippen LogP contribution in [0.3, 0.4) is 0 Å². The van der Waals surface area contributed by atoms with Crippen LogP contribution in [0.5, 0.6) is 0 Å². The van der Waals surface area contributed by atoms with Crippen molar-refractivity contribution in [3.05, 3.63) is 35.4 Å². The zero-order chi connectivity index (χ0) is 15.3. The minimum Gasteiger partial charge on any atom is -0.348 e. The molecule has 0 aromatic heterocycles. The van der Waals surface area contributed by atoms with E-state index >= 15 is 0 Å². The average molecular weight is 299 g/mol. The minimum atomic E-state index is -3.52. The SMILES string of the molecule is CN(C)C(=O)CN(C)S(=O)(=O)Cc1cccc(CN)c1. The molecule has 2 N–H and O–H groups in total. The molecule has 0 saturated heterocycles. The predicted octanol–water partition coefficient (Wildman–Crippen LogP) is -0.00490. The van der Waals surface area contributed by atoms with Gasteiger partial charge in [0.2, 0.25) is 15.9 Å². The van der Waals surface area contributed by atoms with Crippen LogP contribution in [-0.2, 0) is 27.1 Å². The van der Waals surface area contributed by atoms with Gasteiger partial charge >= 0.3 is 0 Å². The summed E-state index contributed by atoms with van der Waals surface area (Å²) in [6, 6.07) is 7.12. The quantitative estimate of drug-likeness (QED) is 0.801. The van der Waals surface area contributed by atoms with Crippen molar-refractivity contribution >= 4 is 15.9 Å². The van der Waals surface area contributed by atoms with Crippen molar-refractivity contribution in [1.29, 1.82) is 0 Å². The molecule has 6 nitrogen and oxygen atoms in total. The van der Waals surface area contributed by atoms with Crippen molar-refractivity contribution in [2.45, 2.75) is 12.3 Å². The Bertz CT molecular complexity index is 570. The molecule has 1 rings (SSSR count). The lowest BCUT2D eigenvalue weighted by Gasteiger charge is -2.19. The maximum Gasteiger partial charge on any atom is 0.237 e. The molecule has 0 unspecified atom stereocenters. The number of carbonyl (C=O) groups excluding carboxylic acids is 1. The van der Waals surface area contributed by atoms with Crippen LogP contribution >= 0.6 is 0 Å². The number of hydrogen-bond donors (Lipinski definition) is 1. The van der Waals surface area contributed by atoms with E-state index in [2.05, 4.69) is 0 Å². The number of nitrogens with zero attached hydrogens (tertiary/aromatic N) is 2. The van der Waals surface area contributed by atoms with Crippen molar-refractivity contribution in [3.63, 3.8) is 0 Å². The first-order valence-corrected chi connectivity index (χ1v) is 7.79. The molecule has 0 bridgehead atoms. The minimum absolute atomic E-state index is 0.141. The van der Waals surface area contributed by atoms with Crippen LogP contribution in [-0.4, -0.2) is 51.2 Å². The molecule has 0 saturated carbocycles. The van der Waals surface area contributed by atoms with Gasteiger partial charge in [0.05, 0.1) is 12.3 Å².